The lowest BCUT2D eigenvalue weighted by atomic mass is 10.2. The fraction of sp³-hybridized carbons (Fsp3) is 0.500. The molecule has 6 heteroatoms. The second kappa shape index (κ2) is 8.24. The molecule has 0 saturated carbocycles. The van der Waals surface area contributed by atoms with Gasteiger partial charge in [0.15, 0.2) is 0 Å². The SMILES string of the molecule is CC(C)N(CC(N)=O)CC(O)COc1ccc(Br)cc1. The molecule has 1 amide bonds. The van der Waals surface area contributed by atoms with E-state index in [-0.39, 0.29) is 19.2 Å². The zero-order chi connectivity index (χ0) is 15.1. The molecule has 20 heavy (non-hydrogen) atoms. The van der Waals surface area contributed by atoms with E-state index in [1.807, 2.05) is 43.0 Å². The minimum Gasteiger partial charge on any atom is -0.491 e. The van der Waals surface area contributed by atoms with Crippen molar-refractivity contribution in [2.24, 2.45) is 5.73 Å². The third-order valence-electron chi connectivity index (χ3n) is 2.79. The van der Waals surface area contributed by atoms with Crippen molar-refractivity contribution in [1.29, 1.82) is 0 Å². The van der Waals surface area contributed by atoms with Crippen molar-refractivity contribution in [1.82, 2.24) is 4.90 Å². The summed E-state index contributed by atoms with van der Waals surface area (Å²) in [4.78, 5) is 12.8. The molecular formula is C14H21BrN2O3. The van der Waals surface area contributed by atoms with Crippen LogP contribution in [0.5, 0.6) is 5.75 Å². The quantitative estimate of drug-likeness (QED) is 0.747. The summed E-state index contributed by atoms with van der Waals surface area (Å²) in [5.74, 6) is 0.290. The zero-order valence-corrected chi connectivity index (χ0v) is 13.3. The highest BCUT2D eigenvalue weighted by molar-refractivity contribution is 9.10. The second-order valence-electron chi connectivity index (χ2n) is 4.91. The van der Waals surface area contributed by atoms with Gasteiger partial charge in [-0.15, -0.1) is 0 Å². The molecule has 1 aromatic rings. The highest BCUT2D eigenvalue weighted by Gasteiger charge is 2.17. The first-order valence-corrected chi connectivity index (χ1v) is 7.26. The van der Waals surface area contributed by atoms with Crippen LogP contribution in [0.4, 0.5) is 0 Å². The Labute approximate surface area is 127 Å². The van der Waals surface area contributed by atoms with Gasteiger partial charge in [0.05, 0.1) is 6.54 Å². The molecule has 1 unspecified atom stereocenters. The fourth-order valence-electron chi connectivity index (χ4n) is 1.70. The Morgan fingerprint density at radius 1 is 1.40 bits per heavy atom. The molecule has 3 N–H and O–H groups in total. The summed E-state index contributed by atoms with van der Waals surface area (Å²) in [6, 6.07) is 7.51. The van der Waals surface area contributed by atoms with Gasteiger partial charge in [-0.1, -0.05) is 15.9 Å². The van der Waals surface area contributed by atoms with E-state index in [0.717, 1.165) is 4.47 Å². The Morgan fingerprint density at radius 3 is 2.50 bits per heavy atom. The molecule has 1 rings (SSSR count). The summed E-state index contributed by atoms with van der Waals surface area (Å²) in [5.41, 5.74) is 5.19. The first-order chi connectivity index (χ1) is 9.38. The summed E-state index contributed by atoms with van der Waals surface area (Å²) in [5, 5.41) is 9.97. The standard InChI is InChI=1S/C14H21BrN2O3/c1-10(2)17(8-14(16)19)7-12(18)9-20-13-5-3-11(15)4-6-13/h3-6,10,12,18H,7-9H2,1-2H3,(H2,16,19). The highest BCUT2D eigenvalue weighted by atomic mass is 79.9. The number of benzene rings is 1. The minimum atomic E-state index is -0.680. The number of nitrogens with two attached hydrogens (primary N) is 1. The number of hydrogen-bond acceptors (Lipinski definition) is 4. The van der Waals surface area contributed by atoms with E-state index in [0.29, 0.717) is 12.3 Å². The van der Waals surface area contributed by atoms with Crippen LogP contribution in [0.25, 0.3) is 0 Å². The van der Waals surface area contributed by atoms with Crippen LogP contribution in [0.3, 0.4) is 0 Å². The van der Waals surface area contributed by atoms with E-state index in [2.05, 4.69) is 15.9 Å². The van der Waals surface area contributed by atoms with Gasteiger partial charge < -0.3 is 15.6 Å². The third kappa shape index (κ3) is 6.36. The topological polar surface area (TPSA) is 75.8 Å². The van der Waals surface area contributed by atoms with Crippen LogP contribution in [-0.4, -0.2) is 47.8 Å². The predicted molar refractivity (Wildman–Crippen MR) is 81.5 cm³/mol. The van der Waals surface area contributed by atoms with Crippen LogP contribution in [0, 0.1) is 0 Å². The third-order valence-corrected chi connectivity index (χ3v) is 3.32. The lowest BCUT2D eigenvalue weighted by Crippen LogP contribution is -2.44. The number of hydrogen-bond donors (Lipinski definition) is 2. The average molecular weight is 345 g/mol. The number of aliphatic hydroxyl groups is 1. The molecule has 0 aromatic heterocycles. The van der Waals surface area contributed by atoms with Crippen LogP contribution in [-0.2, 0) is 4.79 Å². The van der Waals surface area contributed by atoms with Gasteiger partial charge in [0.1, 0.15) is 18.5 Å². The summed E-state index contributed by atoms with van der Waals surface area (Å²) in [6.45, 7) is 4.55. The Hall–Kier alpha value is -1.11. The lowest BCUT2D eigenvalue weighted by Gasteiger charge is -2.27. The van der Waals surface area contributed by atoms with Crippen LogP contribution in [0.15, 0.2) is 28.7 Å². The largest absolute Gasteiger partial charge is 0.491 e. The molecule has 0 radical (unpaired) electrons. The second-order valence-corrected chi connectivity index (χ2v) is 5.82. The number of nitrogens with zero attached hydrogens (tertiary/aromatic N) is 1. The van der Waals surface area contributed by atoms with Gasteiger partial charge in [0.2, 0.25) is 5.91 Å². The van der Waals surface area contributed by atoms with Gasteiger partial charge in [-0.05, 0) is 38.1 Å². The number of amides is 1. The van der Waals surface area contributed by atoms with Gasteiger partial charge in [-0.25, -0.2) is 0 Å². The van der Waals surface area contributed by atoms with E-state index in [9.17, 15) is 9.90 Å². The van der Waals surface area contributed by atoms with Crippen molar-refractivity contribution >= 4 is 21.8 Å². The molecule has 0 bridgehead atoms. The van der Waals surface area contributed by atoms with Gasteiger partial charge in [-0.3, -0.25) is 9.69 Å². The van der Waals surface area contributed by atoms with Crippen LogP contribution < -0.4 is 10.5 Å². The number of ether oxygens (including phenoxy) is 1. The average Bonchev–Trinajstić information content (AvgIpc) is 2.36. The molecule has 1 atom stereocenters. The Bertz CT molecular complexity index is 423. The molecule has 5 nitrogen and oxygen atoms in total. The van der Waals surface area contributed by atoms with E-state index < -0.39 is 12.0 Å². The van der Waals surface area contributed by atoms with Gasteiger partial charge >= 0.3 is 0 Å². The Balaban J connectivity index is 2.43. The monoisotopic (exact) mass is 344 g/mol. The van der Waals surface area contributed by atoms with Gasteiger partial charge in [-0.2, -0.15) is 0 Å². The normalized spacial score (nSPS) is 12.7. The Kier molecular flexibility index (Phi) is 6.98. The highest BCUT2D eigenvalue weighted by Crippen LogP contribution is 2.16. The molecule has 0 heterocycles. The molecule has 0 saturated heterocycles. The van der Waals surface area contributed by atoms with E-state index >= 15 is 0 Å². The number of carbonyl (C=O) groups is 1. The number of primary amides is 1. The molecule has 0 spiro atoms. The van der Waals surface area contributed by atoms with Crippen molar-refractivity contribution in [3.05, 3.63) is 28.7 Å². The van der Waals surface area contributed by atoms with E-state index in [1.165, 1.54) is 0 Å². The molecule has 0 aliphatic heterocycles. The van der Waals surface area contributed by atoms with E-state index in [1.54, 1.807) is 0 Å². The molecule has 0 fully saturated rings. The lowest BCUT2D eigenvalue weighted by molar-refractivity contribution is -0.120. The van der Waals surface area contributed by atoms with Crippen LogP contribution in [0.2, 0.25) is 0 Å². The number of halogens is 1. The minimum absolute atomic E-state index is 0.129. The summed E-state index contributed by atoms with van der Waals surface area (Å²) in [7, 11) is 0. The maximum Gasteiger partial charge on any atom is 0.231 e. The summed E-state index contributed by atoms with van der Waals surface area (Å²) < 4.78 is 6.46. The first kappa shape index (κ1) is 16.9. The summed E-state index contributed by atoms with van der Waals surface area (Å²) >= 11 is 3.34. The maximum atomic E-state index is 11.0. The van der Waals surface area contributed by atoms with E-state index in [4.69, 9.17) is 10.5 Å². The van der Waals surface area contributed by atoms with Crippen molar-refractivity contribution < 1.29 is 14.6 Å². The first-order valence-electron chi connectivity index (χ1n) is 6.47. The molecule has 112 valence electrons. The Morgan fingerprint density at radius 2 is 2.00 bits per heavy atom. The molecule has 0 aliphatic rings. The summed E-state index contributed by atoms with van der Waals surface area (Å²) in [6.07, 6.45) is -0.680. The van der Waals surface area contributed by atoms with Crippen molar-refractivity contribution in [2.75, 3.05) is 19.7 Å². The molecule has 0 aliphatic carbocycles. The smallest absolute Gasteiger partial charge is 0.231 e. The van der Waals surface area contributed by atoms with Crippen LogP contribution in [0.1, 0.15) is 13.8 Å². The maximum absolute atomic E-state index is 11.0. The zero-order valence-electron chi connectivity index (χ0n) is 11.8. The van der Waals surface area contributed by atoms with Gasteiger partial charge in [0, 0.05) is 17.1 Å². The van der Waals surface area contributed by atoms with Crippen molar-refractivity contribution in [3.8, 4) is 5.75 Å². The van der Waals surface area contributed by atoms with Gasteiger partial charge in [0.25, 0.3) is 0 Å². The molecule has 1 aromatic carbocycles. The van der Waals surface area contributed by atoms with Crippen molar-refractivity contribution in [3.63, 3.8) is 0 Å². The van der Waals surface area contributed by atoms with Crippen LogP contribution >= 0.6 is 15.9 Å². The molecular weight excluding hydrogens is 324 g/mol. The number of rotatable bonds is 8. The predicted octanol–water partition coefficient (Wildman–Crippen LogP) is 1.38. The fourth-order valence-corrected chi connectivity index (χ4v) is 1.97. The number of aliphatic hydroxyl groups excluding tert-OH is 1. The van der Waals surface area contributed by atoms with Crippen molar-refractivity contribution in [2.45, 2.75) is 26.0 Å². The number of carbonyl (C=O) groups excluding carboxylic acids is 1.